The van der Waals surface area contributed by atoms with E-state index in [1.54, 1.807) is 0 Å². The van der Waals surface area contributed by atoms with Crippen molar-refractivity contribution in [1.29, 1.82) is 0 Å². The molecule has 2 rings (SSSR count). The van der Waals surface area contributed by atoms with E-state index in [2.05, 4.69) is 6.92 Å². The van der Waals surface area contributed by atoms with Crippen LogP contribution in [-0.2, 0) is 14.4 Å². The van der Waals surface area contributed by atoms with Gasteiger partial charge < -0.3 is 10.8 Å². The van der Waals surface area contributed by atoms with Crippen LogP contribution in [0.2, 0.25) is 0 Å². The molecule has 136 valence electrons. The summed E-state index contributed by atoms with van der Waals surface area (Å²) in [6, 6.07) is 0. The predicted molar refractivity (Wildman–Crippen MR) is 89.8 cm³/mol. The summed E-state index contributed by atoms with van der Waals surface area (Å²) in [7, 11) is 0. The summed E-state index contributed by atoms with van der Waals surface area (Å²) >= 11 is 0. The fourth-order valence-electron chi connectivity index (χ4n) is 4.17. The molecule has 4 atom stereocenters. The molecule has 1 aliphatic carbocycles. The largest absolute Gasteiger partial charge is 0.392 e. The van der Waals surface area contributed by atoms with Crippen LogP contribution in [0.25, 0.3) is 0 Å². The van der Waals surface area contributed by atoms with Crippen LogP contribution in [0.15, 0.2) is 0 Å². The summed E-state index contributed by atoms with van der Waals surface area (Å²) in [6.45, 7) is 4.84. The van der Waals surface area contributed by atoms with Gasteiger partial charge in [0.15, 0.2) is 0 Å². The van der Waals surface area contributed by atoms with Gasteiger partial charge in [-0.1, -0.05) is 13.8 Å². The summed E-state index contributed by atoms with van der Waals surface area (Å²) in [5.74, 6) is -0.381. The van der Waals surface area contributed by atoms with E-state index in [0.717, 1.165) is 6.42 Å². The van der Waals surface area contributed by atoms with Crippen molar-refractivity contribution in [3.63, 3.8) is 0 Å². The van der Waals surface area contributed by atoms with Crippen molar-refractivity contribution >= 4 is 17.6 Å². The van der Waals surface area contributed by atoms with E-state index in [4.69, 9.17) is 5.73 Å². The van der Waals surface area contributed by atoms with Gasteiger partial charge in [0.25, 0.3) is 0 Å². The molecule has 0 radical (unpaired) electrons. The highest BCUT2D eigenvalue weighted by atomic mass is 16.3. The normalized spacial score (nSPS) is 30.8. The quantitative estimate of drug-likeness (QED) is 0.706. The van der Waals surface area contributed by atoms with Gasteiger partial charge in [-0.15, -0.1) is 0 Å². The molecule has 2 aliphatic rings. The van der Waals surface area contributed by atoms with Crippen molar-refractivity contribution in [2.45, 2.75) is 58.5 Å². The van der Waals surface area contributed by atoms with E-state index in [1.165, 1.54) is 4.90 Å². The van der Waals surface area contributed by atoms with Crippen LogP contribution in [0.5, 0.6) is 0 Å². The van der Waals surface area contributed by atoms with Crippen LogP contribution in [0.1, 0.15) is 52.4 Å². The Morgan fingerprint density at radius 2 is 1.79 bits per heavy atom. The molecule has 0 aromatic rings. The Morgan fingerprint density at radius 1 is 1.17 bits per heavy atom. The molecule has 1 saturated heterocycles. The SMILES string of the molecule is CC1C[C@H](C)CC([C@H](O)CC2CC(=O)N(CCCN)C(=O)C2)C1=O. The number of likely N-dealkylation sites (tertiary alicyclic amines) is 1. The standard InChI is InChI=1S/C18H30N2O4/c1-11-6-12(2)18(24)14(7-11)15(21)8-13-9-16(22)20(5-3-4-19)17(23)10-13/h11-15,21H,3-10,19H2,1-2H3/t11-,12?,14?,15+/m0/s1. The molecule has 3 N–H and O–H groups in total. The third-order valence-electron chi connectivity index (χ3n) is 5.42. The fourth-order valence-corrected chi connectivity index (χ4v) is 4.17. The molecule has 1 heterocycles. The first-order valence-electron chi connectivity index (χ1n) is 9.08. The average molecular weight is 338 g/mol. The van der Waals surface area contributed by atoms with Gasteiger partial charge in [0.2, 0.25) is 11.8 Å². The predicted octanol–water partition coefficient (Wildman–Crippen LogP) is 1.10. The molecule has 0 spiro atoms. The molecule has 2 fully saturated rings. The lowest BCUT2D eigenvalue weighted by atomic mass is 9.71. The zero-order valence-electron chi connectivity index (χ0n) is 14.7. The number of rotatable bonds is 6. The van der Waals surface area contributed by atoms with Crippen LogP contribution in [0, 0.1) is 23.7 Å². The third kappa shape index (κ3) is 4.42. The van der Waals surface area contributed by atoms with Gasteiger partial charge in [-0.3, -0.25) is 19.3 Å². The highest BCUT2D eigenvalue weighted by Gasteiger charge is 2.39. The molecule has 6 heteroatoms. The third-order valence-corrected chi connectivity index (χ3v) is 5.42. The van der Waals surface area contributed by atoms with Crippen molar-refractivity contribution in [3.8, 4) is 0 Å². The second kappa shape index (κ2) is 8.21. The molecular weight excluding hydrogens is 308 g/mol. The maximum atomic E-state index is 12.3. The first-order valence-corrected chi connectivity index (χ1v) is 9.08. The van der Waals surface area contributed by atoms with Gasteiger partial charge in [0, 0.05) is 31.2 Å². The van der Waals surface area contributed by atoms with E-state index in [1.807, 2.05) is 6.92 Å². The Morgan fingerprint density at radius 3 is 2.38 bits per heavy atom. The summed E-state index contributed by atoms with van der Waals surface area (Å²) in [5.41, 5.74) is 5.43. The van der Waals surface area contributed by atoms with Crippen LogP contribution in [0.3, 0.4) is 0 Å². The van der Waals surface area contributed by atoms with E-state index < -0.39 is 6.10 Å². The molecular formula is C18H30N2O4. The van der Waals surface area contributed by atoms with Crippen LogP contribution in [0.4, 0.5) is 0 Å². The Bertz CT molecular complexity index is 475. The highest BCUT2D eigenvalue weighted by Crippen LogP contribution is 2.35. The number of amides is 2. The van der Waals surface area contributed by atoms with Crippen LogP contribution < -0.4 is 5.73 Å². The van der Waals surface area contributed by atoms with E-state index >= 15 is 0 Å². The van der Waals surface area contributed by atoms with Gasteiger partial charge in [-0.25, -0.2) is 0 Å². The number of Topliss-reactive ketones (excluding diaryl/α,β-unsaturated/α-hetero) is 1. The lowest BCUT2D eigenvalue weighted by Gasteiger charge is -2.36. The van der Waals surface area contributed by atoms with Gasteiger partial charge in [0.05, 0.1) is 6.10 Å². The zero-order valence-corrected chi connectivity index (χ0v) is 14.7. The summed E-state index contributed by atoms with van der Waals surface area (Å²) < 4.78 is 0. The number of hydrogen-bond donors (Lipinski definition) is 2. The number of nitrogens with zero attached hydrogens (tertiary/aromatic N) is 1. The maximum Gasteiger partial charge on any atom is 0.229 e. The molecule has 1 saturated carbocycles. The lowest BCUT2D eigenvalue weighted by molar-refractivity contribution is -0.150. The molecule has 1 aliphatic heterocycles. The van der Waals surface area contributed by atoms with Crippen LogP contribution in [-0.4, -0.2) is 46.8 Å². The van der Waals surface area contributed by atoms with Crippen molar-refractivity contribution in [3.05, 3.63) is 0 Å². The molecule has 6 nitrogen and oxygen atoms in total. The Kier molecular flexibility index (Phi) is 6.52. The lowest BCUT2D eigenvalue weighted by Crippen LogP contribution is -2.45. The van der Waals surface area contributed by atoms with Gasteiger partial charge in [0.1, 0.15) is 5.78 Å². The Labute approximate surface area is 143 Å². The highest BCUT2D eigenvalue weighted by molar-refractivity contribution is 5.97. The Hall–Kier alpha value is -1.27. The maximum absolute atomic E-state index is 12.3. The van der Waals surface area contributed by atoms with Crippen molar-refractivity contribution < 1.29 is 19.5 Å². The number of imide groups is 1. The van der Waals surface area contributed by atoms with Crippen LogP contribution >= 0.6 is 0 Å². The smallest absolute Gasteiger partial charge is 0.229 e. The zero-order chi connectivity index (χ0) is 17.9. The van der Waals surface area contributed by atoms with Crippen molar-refractivity contribution in [2.24, 2.45) is 29.4 Å². The van der Waals surface area contributed by atoms with E-state index in [0.29, 0.717) is 38.3 Å². The second-order valence-corrected chi connectivity index (χ2v) is 7.65. The minimum Gasteiger partial charge on any atom is -0.392 e. The molecule has 0 aromatic carbocycles. The molecule has 2 amide bonds. The minimum atomic E-state index is -0.760. The average Bonchev–Trinajstić information content (AvgIpc) is 2.50. The second-order valence-electron chi connectivity index (χ2n) is 7.65. The number of carbonyl (C=O) groups excluding carboxylic acids is 3. The minimum absolute atomic E-state index is 0.0187. The molecule has 2 unspecified atom stereocenters. The number of aliphatic hydroxyl groups is 1. The molecule has 24 heavy (non-hydrogen) atoms. The monoisotopic (exact) mass is 338 g/mol. The molecule has 0 aromatic heterocycles. The number of ketones is 1. The van der Waals surface area contributed by atoms with Gasteiger partial charge >= 0.3 is 0 Å². The van der Waals surface area contributed by atoms with Crippen molar-refractivity contribution in [1.82, 2.24) is 4.90 Å². The number of nitrogens with two attached hydrogens (primary N) is 1. The summed E-state index contributed by atoms with van der Waals surface area (Å²) in [4.78, 5) is 37.9. The molecule has 0 bridgehead atoms. The summed E-state index contributed by atoms with van der Waals surface area (Å²) in [6.07, 6.45) is 2.29. The topological polar surface area (TPSA) is 101 Å². The van der Waals surface area contributed by atoms with Crippen molar-refractivity contribution in [2.75, 3.05) is 13.1 Å². The van der Waals surface area contributed by atoms with E-state index in [9.17, 15) is 19.5 Å². The Balaban J connectivity index is 1.93. The van der Waals surface area contributed by atoms with E-state index in [-0.39, 0.29) is 48.2 Å². The van der Waals surface area contributed by atoms with Gasteiger partial charge in [-0.2, -0.15) is 0 Å². The summed E-state index contributed by atoms with van der Waals surface area (Å²) in [5, 5.41) is 10.5. The number of piperidine rings is 1. The first kappa shape index (κ1) is 19.1. The number of carbonyl (C=O) groups is 3. The first-order chi connectivity index (χ1) is 11.3. The van der Waals surface area contributed by atoms with Gasteiger partial charge in [-0.05, 0) is 44.1 Å². The fraction of sp³-hybridized carbons (Fsp3) is 0.833. The number of aliphatic hydroxyl groups excluding tert-OH is 1. The number of hydrogen-bond acceptors (Lipinski definition) is 5.